The van der Waals surface area contributed by atoms with E-state index in [4.69, 9.17) is 23.2 Å². The van der Waals surface area contributed by atoms with Crippen LogP contribution in [0.3, 0.4) is 0 Å². The molecule has 4 heteroatoms. The van der Waals surface area contributed by atoms with Gasteiger partial charge in [0, 0.05) is 34.8 Å². The molecular formula is C14H11Cl2NO. The number of Topliss-reactive ketones (excluding diaryl/α,β-unsaturated/α-hetero) is 1. The van der Waals surface area contributed by atoms with Crippen LogP contribution in [0.1, 0.15) is 11.3 Å². The molecule has 2 nitrogen and oxygen atoms in total. The van der Waals surface area contributed by atoms with Crippen LogP contribution >= 0.6 is 23.2 Å². The van der Waals surface area contributed by atoms with Crippen molar-refractivity contribution < 1.29 is 4.79 Å². The third kappa shape index (κ3) is 3.31. The number of hydrogen-bond acceptors (Lipinski definition) is 2. The summed E-state index contributed by atoms with van der Waals surface area (Å²) in [6, 6.07) is 10.7. The number of carbonyl (C=O) groups excluding carboxylic acids is 1. The van der Waals surface area contributed by atoms with Crippen molar-refractivity contribution in [1.29, 1.82) is 0 Å². The van der Waals surface area contributed by atoms with Gasteiger partial charge in [-0.15, -0.1) is 0 Å². The van der Waals surface area contributed by atoms with E-state index >= 15 is 0 Å². The second kappa shape index (κ2) is 5.98. The van der Waals surface area contributed by atoms with Gasteiger partial charge in [0.2, 0.25) is 0 Å². The highest BCUT2D eigenvalue weighted by Gasteiger charge is 2.11. The predicted molar refractivity (Wildman–Crippen MR) is 73.1 cm³/mol. The van der Waals surface area contributed by atoms with Crippen molar-refractivity contribution in [1.82, 2.24) is 4.98 Å². The van der Waals surface area contributed by atoms with E-state index in [1.165, 1.54) is 0 Å². The first-order chi connectivity index (χ1) is 8.66. The summed E-state index contributed by atoms with van der Waals surface area (Å²) in [6.07, 6.45) is 2.20. The normalized spacial score (nSPS) is 10.3. The van der Waals surface area contributed by atoms with Crippen LogP contribution in [-0.4, -0.2) is 10.8 Å². The molecule has 0 aliphatic rings. The minimum absolute atomic E-state index is 0.0451. The van der Waals surface area contributed by atoms with Gasteiger partial charge >= 0.3 is 0 Å². The van der Waals surface area contributed by atoms with E-state index in [9.17, 15) is 4.79 Å². The zero-order chi connectivity index (χ0) is 13.0. The van der Waals surface area contributed by atoms with Crippen LogP contribution in [0, 0.1) is 0 Å². The first-order valence-electron chi connectivity index (χ1n) is 5.51. The van der Waals surface area contributed by atoms with Gasteiger partial charge in [-0.05, 0) is 29.8 Å². The maximum atomic E-state index is 11.9. The lowest BCUT2D eigenvalue weighted by Crippen LogP contribution is -2.08. The zero-order valence-electron chi connectivity index (χ0n) is 9.57. The lowest BCUT2D eigenvalue weighted by atomic mass is 10.1. The van der Waals surface area contributed by atoms with Crippen LogP contribution in [0.4, 0.5) is 0 Å². The first-order valence-corrected chi connectivity index (χ1v) is 6.27. The van der Waals surface area contributed by atoms with Gasteiger partial charge in [0.25, 0.3) is 0 Å². The van der Waals surface area contributed by atoms with Crippen LogP contribution in [0.25, 0.3) is 0 Å². The van der Waals surface area contributed by atoms with Crippen LogP contribution < -0.4 is 0 Å². The van der Waals surface area contributed by atoms with Crippen molar-refractivity contribution in [3.8, 4) is 0 Å². The molecule has 0 saturated carbocycles. The van der Waals surface area contributed by atoms with E-state index in [0.29, 0.717) is 22.0 Å². The van der Waals surface area contributed by atoms with Crippen LogP contribution in [0.5, 0.6) is 0 Å². The Kier molecular flexibility index (Phi) is 4.34. The minimum atomic E-state index is 0.0451. The second-order valence-electron chi connectivity index (χ2n) is 3.91. The van der Waals surface area contributed by atoms with E-state index in [0.717, 1.165) is 5.69 Å². The Labute approximate surface area is 116 Å². The summed E-state index contributed by atoms with van der Waals surface area (Å²) in [7, 11) is 0. The van der Waals surface area contributed by atoms with E-state index in [2.05, 4.69) is 4.98 Å². The number of rotatable bonds is 4. The topological polar surface area (TPSA) is 30.0 Å². The van der Waals surface area contributed by atoms with Gasteiger partial charge < -0.3 is 0 Å². The molecule has 1 aromatic heterocycles. The smallest absolute Gasteiger partial charge is 0.143 e. The monoisotopic (exact) mass is 279 g/mol. The van der Waals surface area contributed by atoms with Gasteiger partial charge in [0.1, 0.15) is 5.78 Å². The third-order valence-corrected chi connectivity index (χ3v) is 3.25. The van der Waals surface area contributed by atoms with Crippen molar-refractivity contribution in [2.75, 3.05) is 0 Å². The maximum Gasteiger partial charge on any atom is 0.143 e. The molecule has 18 heavy (non-hydrogen) atoms. The summed E-state index contributed by atoms with van der Waals surface area (Å²) in [5.41, 5.74) is 1.44. The number of hydrogen-bond donors (Lipinski definition) is 0. The summed E-state index contributed by atoms with van der Waals surface area (Å²) in [5, 5.41) is 1.05. The predicted octanol–water partition coefficient (Wildman–Crippen LogP) is 3.74. The summed E-state index contributed by atoms with van der Waals surface area (Å²) in [6.45, 7) is 0. The number of carbonyl (C=O) groups is 1. The first kappa shape index (κ1) is 13.1. The summed E-state index contributed by atoms with van der Waals surface area (Å²) < 4.78 is 0. The van der Waals surface area contributed by atoms with Gasteiger partial charge in [-0.2, -0.15) is 0 Å². The number of pyridine rings is 1. The molecule has 0 unspecified atom stereocenters. The number of aromatic nitrogens is 1. The van der Waals surface area contributed by atoms with E-state index in [-0.39, 0.29) is 12.2 Å². The molecule has 0 saturated heterocycles. The molecule has 0 aliphatic carbocycles. The molecule has 0 spiro atoms. The fraction of sp³-hybridized carbons (Fsp3) is 0.143. The highest BCUT2D eigenvalue weighted by atomic mass is 35.5. The van der Waals surface area contributed by atoms with Crippen molar-refractivity contribution in [3.63, 3.8) is 0 Å². The molecule has 0 atom stereocenters. The summed E-state index contributed by atoms with van der Waals surface area (Å²) in [4.78, 5) is 16.0. The Morgan fingerprint density at radius 3 is 2.33 bits per heavy atom. The standard InChI is InChI=1S/C14H11Cl2NO/c15-13-5-3-6-14(16)12(13)9-11(18)8-10-4-1-2-7-17-10/h1-7H,8-9H2. The van der Waals surface area contributed by atoms with E-state index in [1.807, 2.05) is 18.2 Å². The van der Waals surface area contributed by atoms with E-state index in [1.54, 1.807) is 24.4 Å². The fourth-order valence-corrected chi connectivity index (χ4v) is 2.20. The Bertz CT molecular complexity index is 535. The molecule has 0 amide bonds. The van der Waals surface area contributed by atoms with Gasteiger partial charge in [-0.1, -0.05) is 35.3 Å². The molecular weight excluding hydrogens is 269 g/mol. The van der Waals surface area contributed by atoms with Crippen LogP contribution in [0.15, 0.2) is 42.6 Å². The molecule has 0 fully saturated rings. The van der Waals surface area contributed by atoms with Gasteiger partial charge in [0.15, 0.2) is 0 Å². The van der Waals surface area contributed by atoms with Gasteiger partial charge in [-0.25, -0.2) is 0 Å². The Hall–Kier alpha value is -1.38. The number of nitrogens with zero attached hydrogens (tertiary/aromatic N) is 1. The van der Waals surface area contributed by atoms with Crippen molar-refractivity contribution in [2.24, 2.45) is 0 Å². The maximum absolute atomic E-state index is 11.9. The minimum Gasteiger partial charge on any atom is -0.299 e. The molecule has 0 N–H and O–H groups in total. The molecule has 0 aliphatic heterocycles. The third-order valence-electron chi connectivity index (χ3n) is 2.54. The average molecular weight is 280 g/mol. The molecule has 0 radical (unpaired) electrons. The Morgan fingerprint density at radius 1 is 1.00 bits per heavy atom. The number of ketones is 1. The molecule has 2 rings (SSSR count). The number of benzene rings is 1. The highest BCUT2D eigenvalue weighted by Crippen LogP contribution is 2.25. The molecule has 1 aromatic carbocycles. The largest absolute Gasteiger partial charge is 0.299 e. The quantitative estimate of drug-likeness (QED) is 0.853. The van der Waals surface area contributed by atoms with E-state index < -0.39 is 0 Å². The van der Waals surface area contributed by atoms with Crippen LogP contribution in [0.2, 0.25) is 10.0 Å². The Balaban J connectivity index is 2.08. The number of halogens is 2. The SMILES string of the molecule is O=C(Cc1ccccn1)Cc1c(Cl)cccc1Cl. The zero-order valence-corrected chi connectivity index (χ0v) is 11.1. The van der Waals surface area contributed by atoms with Crippen molar-refractivity contribution >= 4 is 29.0 Å². The molecule has 0 bridgehead atoms. The molecule has 92 valence electrons. The average Bonchev–Trinajstić information content (AvgIpc) is 2.35. The summed E-state index contributed by atoms with van der Waals surface area (Å²) in [5.74, 6) is 0.0451. The van der Waals surface area contributed by atoms with Gasteiger partial charge in [0.05, 0.1) is 0 Å². The Morgan fingerprint density at radius 2 is 1.72 bits per heavy atom. The van der Waals surface area contributed by atoms with Gasteiger partial charge in [-0.3, -0.25) is 9.78 Å². The highest BCUT2D eigenvalue weighted by molar-refractivity contribution is 6.36. The van der Waals surface area contributed by atoms with Crippen molar-refractivity contribution in [3.05, 3.63) is 63.9 Å². The van der Waals surface area contributed by atoms with Crippen molar-refractivity contribution in [2.45, 2.75) is 12.8 Å². The lowest BCUT2D eigenvalue weighted by molar-refractivity contribution is -0.117. The van der Waals surface area contributed by atoms with Crippen LogP contribution in [-0.2, 0) is 17.6 Å². The summed E-state index contributed by atoms with van der Waals surface area (Å²) >= 11 is 12.0. The fourth-order valence-electron chi connectivity index (χ4n) is 1.67. The molecule has 1 heterocycles. The molecule has 2 aromatic rings. The lowest BCUT2D eigenvalue weighted by Gasteiger charge is -2.05. The second-order valence-corrected chi connectivity index (χ2v) is 4.73.